The van der Waals surface area contributed by atoms with Crippen molar-refractivity contribution in [2.75, 3.05) is 26.8 Å². The molecular weight excluding hydrogens is 337 g/mol. The molecule has 25 heavy (non-hydrogen) atoms. The molecule has 0 saturated carbocycles. The Morgan fingerprint density at radius 2 is 2.08 bits per heavy atom. The summed E-state index contributed by atoms with van der Waals surface area (Å²) in [5.74, 6) is -0.803. The first-order valence-electron chi connectivity index (χ1n) is 8.02. The van der Waals surface area contributed by atoms with Crippen LogP contribution in [0.1, 0.15) is 24.0 Å². The van der Waals surface area contributed by atoms with Crippen molar-refractivity contribution in [1.82, 2.24) is 10.2 Å². The second-order valence-electron chi connectivity index (χ2n) is 5.94. The Morgan fingerprint density at radius 3 is 2.76 bits per heavy atom. The van der Waals surface area contributed by atoms with Crippen LogP contribution in [0.3, 0.4) is 0 Å². The van der Waals surface area contributed by atoms with E-state index in [0.29, 0.717) is 19.6 Å². The van der Waals surface area contributed by atoms with Gasteiger partial charge in [-0.25, -0.2) is 0 Å². The van der Waals surface area contributed by atoms with Gasteiger partial charge in [-0.15, -0.1) is 0 Å². The highest BCUT2D eigenvalue weighted by Crippen LogP contribution is 2.31. The minimum atomic E-state index is -4.46. The zero-order valence-electron chi connectivity index (χ0n) is 13.9. The van der Waals surface area contributed by atoms with Crippen molar-refractivity contribution >= 4 is 11.8 Å². The van der Waals surface area contributed by atoms with E-state index >= 15 is 0 Å². The molecule has 1 saturated heterocycles. The van der Waals surface area contributed by atoms with Crippen molar-refractivity contribution in [2.45, 2.75) is 25.6 Å². The number of hydrogen-bond donors (Lipinski definition) is 1. The number of hydrogen-bond acceptors (Lipinski definition) is 3. The molecule has 0 aliphatic carbocycles. The lowest BCUT2D eigenvalue weighted by Crippen LogP contribution is -2.46. The Hall–Kier alpha value is -2.09. The Kier molecular flexibility index (Phi) is 6.41. The molecule has 1 aromatic rings. The molecule has 1 N–H and O–H groups in total. The topological polar surface area (TPSA) is 58.6 Å². The molecule has 0 radical (unpaired) electrons. The molecule has 1 fully saturated rings. The fourth-order valence-electron chi connectivity index (χ4n) is 2.82. The van der Waals surface area contributed by atoms with Gasteiger partial charge < -0.3 is 15.0 Å². The number of halogens is 3. The average molecular weight is 358 g/mol. The maximum absolute atomic E-state index is 13.0. The van der Waals surface area contributed by atoms with Crippen molar-refractivity contribution in [2.24, 2.45) is 5.92 Å². The summed E-state index contributed by atoms with van der Waals surface area (Å²) in [6, 6.07) is 5.16. The van der Waals surface area contributed by atoms with Gasteiger partial charge in [-0.2, -0.15) is 13.2 Å². The van der Waals surface area contributed by atoms with Crippen LogP contribution in [-0.2, 0) is 27.0 Å². The van der Waals surface area contributed by atoms with Gasteiger partial charge in [0.25, 0.3) is 0 Å². The number of amides is 2. The van der Waals surface area contributed by atoms with E-state index in [1.54, 1.807) is 4.90 Å². The van der Waals surface area contributed by atoms with E-state index in [-0.39, 0.29) is 36.9 Å². The molecule has 1 aliphatic rings. The summed E-state index contributed by atoms with van der Waals surface area (Å²) in [5.41, 5.74) is -0.734. The number of alkyl halides is 3. The maximum Gasteiger partial charge on any atom is 0.416 e. The van der Waals surface area contributed by atoms with E-state index in [4.69, 9.17) is 4.74 Å². The molecule has 0 spiro atoms. The van der Waals surface area contributed by atoms with Gasteiger partial charge in [-0.05, 0) is 18.1 Å². The second kappa shape index (κ2) is 8.33. The molecule has 2 amide bonds. The van der Waals surface area contributed by atoms with Gasteiger partial charge in [0.05, 0.1) is 18.1 Å². The number of piperidine rings is 1. The normalized spacial score (nSPS) is 18.3. The molecule has 0 aromatic heterocycles. The van der Waals surface area contributed by atoms with Gasteiger partial charge in [0.2, 0.25) is 11.8 Å². The van der Waals surface area contributed by atoms with Crippen LogP contribution >= 0.6 is 0 Å². The molecule has 0 unspecified atom stereocenters. The SMILES string of the molecule is COCCN1C[C@@H](C(=O)NCc2ccccc2C(F)(F)F)CCC1=O. The third-order valence-corrected chi connectivity index (χ3v) is 4.21. The lowest BCUT2D eigenvalue weighted by molar-refractivity contribution is -0.140. The summed E-state index contributed by atoms with van der Waals surface area (Å²) < 4.78 is 43.9. The minimum absolute atomic E-state index is 0.0199. The summed E-state index contributed by atoms with van der Waals surface area (Å²) in [6.45, 7) is 0.834. The van der Waals surface area contributed by atoms with Crippen LogP contribution < -0.4 is 5.32 Å². The summed E-state index contributed by atoms with van der Waals surface area (Å²) in [4.78, 5) is 25.7. The molecule has 0 bridgehead atoms. The fourth-order valence-corrected chi connectivity index (χ4v) is 2.82. The maximum atomic E-state index is 13.0. The van der Waals surface area contributed by atoms with E-state index < -0.39 is 17.7 Å². The molecule has 138 valence electrons. The van der Waals surface area contributed by atoms with E-state index in [9.17, 15) is 22.8 Å². The summed E-state index contributed by atoms with van der Waals surface area (Å²) in [6.07, 6.45) is -3.81. The summed E-state index contributed by atoms with van der Waals surface area (Å²) in [5, 5.41) is 2.56. The Labute approximate surface area is 144 Å². The molecule has 2 rings (SSSR count). The standard InChI is InChI=1S/C17H21F3N2O3/c1-25-9-8-22-11-13(6-7-15(22)23)16(24)21-10-12-4-2-3-5-14(12)17(18,19)20/h2-5,13H,6-11H2,1H3,(H,21,24)/t13-/m0/s1. The van der Waals surface area contributed by atoms with Crippen molar-refractivity contribution in [3.8, 4) is 0 Å². The third-order valence-electron chi connectivity index (χ3n) is 4.21. The quantitative estimate of drug-likeness (QED) is 0.848. The molecule has 1 aliphatic heterocycles. The lowest BCUT2D eigenvalue weighted by atomic mass is 9.96. The first-order valence-corrected chi connectivity index (χ1v) is 8.02. The number of ether oxygens (including phenoxy) is 1. The number of carbonyl (C=O) groups is 2. The van der Waals surface area contributed by atoms with Crippen LogP contribution in [0.2, 0.25) is 0 Å². The van der Waals surface area contributed by atoms with E-state index in [2.05, 4.69) is 5.32 Å². The molecular formula is C17H21F3N2O3. The van der Waals surface area contributed by atoms with E-state index in [1.165, 1.54) is 25.3 Å². The van der Waals surface area contributed by atoms with Crippen LogP contribution in [0.5, 0.6) is 0 Å². The Morgan fingerprint density at radius 1 is 1.36 bits per heavy atom. The zero-order chi connectivity index (χ0) is 18.4. The lowest BCUT2D eigenvalue weighted by Gasteiger charge is -2.31. The number of methoxy groups -OCH3 is 1. The predicted octanol–water partition coefficient (Wildman–Crippen LogP) is 2.21. The summed E-state index contributed by atoms with van der Waals surface area (Å²) in [7, 11) is 1.52. The van der Waals surface area contributed by atoms with Crippen LogP contribution in [-0.4, -0.2) is 43.5 Å². The Bertz CT molecular complexity index is 619. The highest BCUT2D eigenvalue weighted by molar-refractivity contribution is 5.83. The van der Waals surface area contributed by atoms with Gasteiger partial charge in [-0.3, -0.25) is 9.59 Å². The van der Waals surface area contributed by atoms with Crippen molar-refractivity contribution < 1.29 is 27.5 Å². The molecule has 5 nitrogen and oxygen atoms in total. The van der Waals surface area contributed by atoms with Gasteiger partial charge in [0, 0.05) is 33.2 Å². The largest absolute Gasteiger partial charge is 0.416 e. The van der Waals surface area contributed by atoms with Crippen LogP contribution in [0.15, 0.2) is 24.3 Å². The predicted molar refractivity (Wildman–Crippen MR) is 84.5 cm³/mol. The van der Waals surface area contributed by atoms with Crippen LogP contribution in [0.4, 0.5) is 13.2 Å². The molecule has 1 atom stereocenters. The number of nitrogens with one attached hydrogen (secondary N) is 1. The number of likely N-dealkylation sites (tertiary alicyclic amines) is 1. The van der Waals surface area contributed by atoms with Crippen molar-refractivity contribution in [3.63, 3.8) is 0 Å². The van der Waals surface area contributed by atoms with Crippen LogP contribution in [0, 0.1) is 5.92 Å². The third kappa shape index (κ3) is 5.19. The second-order valence-corrected chi connectivity index (χ2v) is 5.94. The fraction of sp³-hybridized carbons (Fsp3) is 0.529. The molecule has 1 heterocycles. The van der Waals surface area contributed by atoms with Gasteiger partial charge in [0.15, 0.2) is 0 Å². The monoisotopic (exact) mass is 358 g/mol. The zero-order valence-corrected chi connectivity index (χ0v) is 13.9. The average Bonchev–Trinajstić information content (AvgIpc) is 2.58. The van der Waals surface area contributed by atoms with Crippen molar-refractivity contribution in [1.29, 1.82) is 0 Å². The summed E-state index contributed by atoms with van der Waals surface area (Å²) >= 11 is 0. The first kappa shape index (κ1) is 19.2. The van der Waals surface area contributed by atoms with Crippen molar-refractivity contribution in [3.05, 3.63) is 35.4 Å². The number of carbonyl (C=O) groups excluding carboxylic acids is 2. The van der Waals surface area contributed by atoms with Gasteiger partial charge in [0.1, 0.15) is 0 Å². The van der Waals surface area contributed by atoms with E-state index in [0.717, 1.165) is 6.07 Å². The first-order chi connectivity index (χ1) is 11.8. The number of nitrogens with zero attached hydrogens (tertiary/aromatic N) is 1. The number of rotatable bonds is 6. The minimum Gasteiger partial charge on any atom is -0.383 e. The van der Waals surface area contributed by atoms with Gasteiger partial charge >= 0.3 is 6.18 Å². The highest BCUT2D eigenvalue weighted by atomic mass is 19.4. The molecule has 8 heteroatoms. The highest BCUT2D eigenvalue weighted by Gasteiger charge is 2.33. The Balaban J connectivity index is 1.96. The van der Waals surface area contributed by atoms with Crippen LogP contribution in [0.25, 0.3) is 0 Å². The molecule has 1 aromatic carbocycles. The number of benzene rings is 1. The van der Waals surface area contributed by atoms with E-state index in [1.807, 2.05) is 0 Å². The van der Waals surface area contributed by atoms with Gasteiger partial charge in [-0.1, -0.05) is 18.2 Å². The smallest absolute Gasteiger partial charge is 0.383 e.